The summed E-state index contributed by atoms with van der Waals surface area (Å²) >= 11 is 0. The number of hydrogen-bond acceptors (Lipinski definition) is 6. The lowest BCUT2D eigenvalue weighted by atomic mass is 10.1. The first kappa shape index (κ1) is 16.2. The molecule has 0 aliphatic rings. The highest BCUT2D eigenvalue weighted by Gasteiger charge is 2.11. The summed E-state index contributed by atoms with van der Waals surface area (Å²) in [5, 5.41) is 4.29. The number of nitrogens with zero attached hydrogens (tertiary/aromatic N) is 3. The van der Waals surface area contributed by atoms with E-state index in [0.29, 0.717) is 0 Å². The molecule has 1 heterocycles. The van der Waals surface area contributed by atoms with Crippen LogP contribution in [0.5, 0.6) is 0 Å². The quantitative estimate of drug-likeness (QED) is 0.600. The highest BCUT2D eigenvalue weighted by Crippen LogP contribution is 2.28. The topological polar surface area (TPSA) is 101 Å². The zero-order valence-corrected chi connectivity index (χ0v) is 12.2. The highest BCUT2D eigenvalue weighted by atomic mass is 32.3. The van der Waals surface area contributed by atoms with Gasteiger partial charge in [-0.1, -0.05) is 30.3 Å². The molecular weight excluding hydrogens is 282 g/mol. The van der Waals surface area contributed by atoms with E-state index in [2.05, 4.69) is 22.1 Å². The van der Waals surface area contributed by atoms with Crippen molar-refractivity contribution in [3.63, 3.8) is 0 Å². The van der Waals surface area contributed by atoms with E-state index in [1.54, 1.807) is 0 Å². The van der Waals surface area contributed by atoms with Crippen LogP contribution in [0, 0.1) is 0 Å². The van der Waals surface area contributed by atoms with Crippen molar-refractivity contribution in [1.82, 2.24) is 9.78 Å². The molecular formula is C12H15N3O4S-2. The number of aromatic nitrogens is 2. The van der Waals surface area contributed by atoms with Gasteiger partial charge >= 0.3 is 0 Å². The van der Waals surface area contributed by atoms with Crippen LogP contribution in [0.15, 0.2) is 36.5 Å². The molecule has 0 atom stereocenters. The van der Waals surface area contributed by atoms with Gasteiger partial charge in [0.1, 0.15) is 0 Å². The molecule has 0 saturated carbocycles. The summed E-state index contributed by atoms with van der Waals surface area (Å²) < 4.78 is 36.0. The first-order valence-corrected chi connectivity index (χ1v) is 6.95. The van der Waals surface area contributed by atoms with E-state index in [9.17, 15) is 0 Å². The van der Waals surface area contributed by atoms with E-state index in [1.807, 2.05) is 50.2 Å². The summed E-state index contributed by atoms with van der Waals surface area (Å²) in [6.45, 7) is 0. The van der Waals surface area contributed by atoms with Crippen LogP contribution in [-0.2, 0) is 17.4 Å². The molecule has 2 aromatic rings. The average molecular weight is 297 g/mol. The van der Waals surface area contributed by atoms with Crippen molar-refractivity contribution < 1.29 is 17.5 Å². The number of hydrogen-bond donors (Lipinski definition) is 0. The van der Waals surface area contributed by atoms with Crippen LogP contribution < -0.4 is 4.90 Å². The molecule has 0 N–H and O–H groups in total. The Hall–Kier alpha value is -1.90. The molecule has 7 nitrogen and oxygen atoms in total. The largest absolute Gasteiger partial charge is 0.759 e. The molecule has 1 aromatic heterocycles. The van der Waals surface area contributed by atoms with Crippen molar-refractivity contribution in [2.24, 2.45) is 7.05 Å². The number of rotatable bonds is 2. The van der Waals surface area contributed by atoms with E-state index in [-0.39, 0.29) is 0 Å². The van der Waals surface area contributed by atoms with Gasteiger partial charge in [0.25, 0.3) is 0 Å². The minimum Gasteiger partial charge on any atom is -0.759 e. The smallest absolute Gasteiger partial charge is 0.0912 e. The maximum atomic E-state index is 8.52. The Morgan fingerprint density at radius 3 is 2.10 bits per heavy atom. The molecule has 0 radical (unpaired) electrons. The monoisotopic (exact) mass is 297 g/mol. The fourth-order valence-corrected chi connectivity index (χ4v) is 1.68. The summed E-state index contributed by atoms with van der Waals surface area (Å²) in [4.78, 5) is 2.08. The minimum absolute atomic E-state index is 1.14. The molecule has 0 aliphatic heterocycles. The molecule has 0 saturated heterocycles. The Balaban J connectivity index is 0.000000347. The van der Waals surface area contributed by atoms with Gasteiger partial charge in [-0.2, -0.15) is 5.10 Å². The third-order valence-electron chi connectivity index (χ3n) is 2.45. The molecule has 0 unspecified atom stereocenters. The fourth-order valence-electron chi connectivity index (χ4n) is 1.68. The van der Waals surface area contributed by atoms with Crippen molar-refractivity contribution in [3.05, 3.63) is 36.5 Å². The van der Waals surface area contributed by atoms with Crippen LogP contribution in [0.2, 0.25) is 0 Å². The molecule has 110 valence electrons. The van der Waals surface area contributed by atoms with Crippen LogP contribution >= 0.6 is 0 Å². The summed E-state index contributed by atoms with van der Waals surface area (Å²) in [5.74, 6) is 0. The molecule has 0 bridgehead atoms. The van der Waals surface area contributed by atoms with Gasteiger partial charge < -0.3 is 14.0 Å². The van der Waals surface area contributed by atoms with Crippen LogP contribution in [-0.4, -0.2) is 41.4 Å². The molecule has 0 aliphatic carbocycles. The normalized spacial score (nSPS) is 10.7. The Kier molecular flexibility index (Phi) is 5.26. The molecule has 0 spiro atoms. The molecule has 2 rings (SSSR count). The van der Waals surface area contributed by atoms with Gasteiger partial charge in [-0.15, -0.1) is 0 Å². The zero-order chi connectivity index (χ0) is 15.3. The maximum absolute atomic E-state index is 8.52. The Labute approximate surface area is 118 Å². The zero-order valence-electron chi connectivity index (χ0n) is 11.3. The summed E-state index contributed by atoms with van der Waals surface area (Å²) in [6.07, 6.45) is 1.89. The van der Waals surface area contributed by atoms with Crippen molar-refractivity contribution >= 4 is 16.1 Å². The third-order valence-corrected chi connectivity index (χ3v) is 2.45. The van der Waals surface area contributed by atoms with E-state index < -0.39 is 10.4 Å². The molecule has 1 aromatic carbocycles. The minimum atomic E-state index is -5.17. The Bertz CT molecular complexity index is 643. The van der Waals surface area contributed by atoms with Gasteiger partial charge in [-0.3, -0.25) is 13.1 Å². The summed E-state index contributed by atoms with van der Waals surface area (Å²) in [6, 6.07) is 10.3. The van der Waals surface area contributed by atoms with Crippen LogP contribution in [0.1, 0.15) is 0 Å². The standard InChI is InChI=1S/C12H15N3.H2O4S/c1-14(2)11-9-13-15(3)12(11)10-7-5-4-6-8-10;1-5(2,3)4/h4-9H,1-3H3;(H2,1,2,3,4)/p-2. The van der Waals surface area contributed by atoms with Crippen molar-refractivity contribution in [2.45, 2.75) is 0 Å². The lowest BCUT2D eigenvalue weighted by molar-refractivity contribution is 0.352. The Morgan fingerprint density at radius 1 is 1.15 bits per heavy atom. The SMILES string of the molecule is CN(C)c1cnn(C)c1-c1ccccc1.O=S(=O)([O-])[O-]. The second kappa shape index (κ2) is 6.51. The number of anilines is 1. The third kappa shape index (κ3) is 5.00. The van der Waals surface area contributed by atoms with E-state index in [0.717, 1.165) is 11.4 Å². The highest BCUT2D eigenvalue weighted by molar-refractivity contribution is 7.79. The van der Waals surface area contributed by atoms with Gasteiger partial charge in [0, 0.05) is 37.1 Å². The molecule has 20 heavy (non-hydrogen) atoms. The van der Waals surface area contributed by atoms with Crippen LogP contribution in [0.25, 0.3) is 11.3 Å². The predicted octanol–water partition coefficient (Wildman–Crippen LogP) is 0.815. The van der Waals surface area contributed by atoms with E-state index >= 15 is 0 Å². The average Bonchev–Trinajstić information content (AvgIpc) is 2.70. The summed E-state index contributed by atoms with van der Waals surface area (Å²) in [7, 11) is 0.863. The van der Waals surface area contributed by atoms with Crippen molar-refractivity contribution in [3.8, 4) is 11.3 Å². The number of benzene rings is 1. The van der Waals surface area contributed by atoms with Gasteiger partial charge in [-0.05, 0) is 0 Å². The summed E-state index contributed by atoms with van der Waals surface area (Å²) in [5.41, 5.74) is 3.49. The van der Waals surface area contributed by atoms with Crippen molar-refractivity contribution in [1.29, 1.82) is 0 Å². The van der Waals surface area contributed by atoms with Gasteiger partial charge in [-0.25, -0.2) is 0 Å². The van der Waals surface area contributed by atoms with Crippen molar-refractivity contribution in [2.75, 3.05) is 19.0 Å². The van der Waals surface area contributed by atoms with E-state index in [4.69, 9.17) is 17.5 Å². The van der Waals surface area contributed by atoms with Gasteiger partial charge in [0.15, 0.2) is 0 Å². The van der Waals surface area contributed by atoms with Crippen LogP contribution in [0.4, 0.5) is 5.69 Å². The van der Waals surface area contributed by atoms with Gasteiger partial charge in [0.05, 0.1) is 17.6 Å². The second-order valence-electron chi connectivity index (χ2n) is 4.17. The predicted molar refractivity (Wildman–Crippen MR) is 73.4 cm³/mol. The Morgan fingerprint density at radius 2 is 1.65 bits per heavy atom. The fraction of sp³-hybridized carbons (Fsp3) is 0.250. The molecule has 0 amide bonds. The molecule has 0 fully saturated rings. The second-order valence-corrected chi connectivity index (χ2v) is 4.99. The van der Waals surface area contributed by atoms with Crippen LogP contribution in [0.3, 0.4) is 0 Å². The van der Waals surface area contributed by atoms with E-state index in [1.165, 1.54) is 5.56 Å². The maximum Gasteiger partial charge on any atom is 0.0912 e. The lowest BCUT2D eigenvalue weighted by Crippen LogP contribution is -2.09. The molecule has 8 heteroatoms. The first-order chi connectivity index (χ1) is 9.20. The first-order valence-electron chi connectivity index (χ1n) is 5.61. The lowest BCUT2D eigenvalue weighted by Gasteiger charge is -2.13. The van der Waals surface area contributed by atoms with Gasteiger partial charge in [0.2, 0.25) is 0 Å². The number of aryl methyl sites for hydroxylation is 1.